The first-order valence-corrected chi connectivity index (χ1v) is 19.3. The Morgan fingerprint density at radius 2 is 1.50 bits per heavy atom. The van der Waals surface area contributed by atoms with Gasteiger partial charge in [-0.1, -0.05) is 54.6 Å². The second-order valence-electron chi connectivity index (χ2n) is 13.8. The van der Waals surface area contributed by atoms with Crippen molar-refractivity contribution in [2.45, 2.75) is 90.0 Å². The summed E-state index contributed by atoms with van der Waals surface area (Å²) in [5.74, 6) is 1.42. The van der Waals surface area contributed by atoms with E-state index >= 15 is 0 Å². The second kappa shape index (κ2) is 18.8. The number of hydrogen-bond donors (Lipinski definition) is 1. The highest BCUT2D eigenvalue weighted by Crippen LogP contribution is 2.50. The molecule has 288 valence electrons. The number of nitriles is 1. The Kier molecular flexibility index (Phi) is 14.2. The van der Waals surface area contributed by atoms with Gasteiger partial charge >= 0.3 is 5.69 Å². The minimum Gasteiger partial charge on any atom is -0.497 e. The smallest absolute Gasteiger partial charge is 0.328 e. The maximum absolute atomic E-state index is 12.9. The summed E-state index contributed by atoms with van der Waals surface area (Å²) in [5.41, 5.74) is 1.02. The number of H-pyrrole nitrogens is 1. The lowest BCUT2D eigenvalue weighted by Gasteiger charge is -2.39. The van der Waals surface area contributed by atoms with Gasteiger partial charge in [-0.05, 0) is 75.6 Å². The fourth-order valence-corrected chi connectivity index (χ4v) is 8.60. The minimum absolute atomic E-state index is 0.0876. The van der Waals surface area contributed by atoms with E-state index in [1.807, 2.05) is 78.9 Å². The highest BCUT2D eigenvalue weighted by Gasteiger charge is 2.44. The zero-order valence-corrected chi connectivity index (χ0v) is 33.0. The number of hydrogen-bond acceptors (Lipinski definition) is 10. The van der Waals surface area contributed by atoms with Crippen molar-refractivity contribution in [2.75, 3.05) is 27.4 Å². The summed E-state index contributed by atoms with van der Waals surface area (Å²) in [4.78, 5) is 27.4. The van der Waals surface area contributed by atoms with Crippen LogP contribution in [0.5, 0.6) is 11.5 Å². The number of aromatic nitrogens is 2. The minimum atomic E-state index is -1.63. The third kappa shape index (κ3) is 9.47. The van der Waals surface area contributed by atoms with Crippen molar-refractivity contribution in [1.82, 2.24) is 14.2 Å². The van der Waals surface area contributed by atoms with Crippen molar-refractivity contribution in [3.8, 4) is 17.6 Å². The first-order valence-electron chi connectivity index (χ1n) is 18.2. The normalized spacial score (nSPS) is 17.9. The van der Waals surface area contributed by atoms with Crippen LogP contribution in [0.1, 0.15) is 62.8 Å². The molecular weight excluding hydrogens is 707 g/mol. The van der Waals surface area contributed by atoms with E-state index < -0.39 is 43.7 Å². The number of aromatic amines is 1. The average Bonchev–Trinajstić information content (AvgIpc) is 3.55. The fraction of sp³-hybridized carbons (Fsp3) is 0.439. The van der Waals surface area contributed by atoms with Crippen LogP contribution in [-0.2, 0) is 30.7 Å². The molecule has 1 saturated heterocycles. The SMILES string of the molecule is COc1ccc(C(OC[C@H]2O[C@@H](Cn3cc(C)c(=O)[nH]c3=O)C[C@@H]2OP(OCCC#N)N(C(C)C)C(C)C)(c2ccccc2)c2ccc(OC)cc2)cc1. The third-order valence-electron chi connectivity index (χ3n) is 9.39. The van der Waals surface area contributed by atoms with E-state index in [1.54, 1.807) is 27.3 Å². The summed E-state index contributed by atoms with van der Waals surface area (Å²) in [6.07, 6.45) is 0.632. The quantitative estimate of drug-likeness (QED) is 0.0664. The van der Waals surface area contributed by atoms with Crippen molar-refractivity contribution in [3.63, 3.8) is 0 Å². The molecule has 3 aromatic carbocycles. The van der Waals surface area contributed by atoms with Gasteiger partial charge in [0.2, 0.25) is 0 Å². The standard InChI is InChI=1S/C41H51N4O8P/c1-28(2)45(29(3)4)54(51-23-11-22-42)53-37-24-36(26-44-25-30(5)39(46)43-40(44)47)52-38(37)27-50-41(31-12-9-8-10-13-31,32-14-18-34(48-6)19-15-32)33-16-20-35(49-7)21-17-33/h8-10,12-21,25,28-29,36-38H,11,23-24,26-27H2,1-7H3,(H,43,46,47)/t36-,37+,38-,54?/m1/s1. The van der Waals surface area contributed by atoms with E-state index in [0.29, 0.717) is 23.5 Å². The first kappa shape index (κ1) is 40.8. The Bertz CT molecular complexity index is 1890. The molecule has 0 radical (unpaired) electrons. The van der Waals surface area contributed by atoms with Crippen LogP contribution in [0, 0.1) is 18.3 Å². The average molecular weight is 759 g/mol. The van der Waals surface area contributed by atoms with Gasteiger partial charge in [0, 0.05) is 30.3 Å². The van der Waals surface area contributed by atoms with Gasteiger partial charge in [0.15, 0.2) is 0 Å². The zero-order valence-electron chi connectivity index (χ0n) is 32.1. The zero-order chi connectivity index (χ0) is 38.8. The van der Waals surface area contributed by atoms with Gasteiger partial charge in [-0.25, -0.2) is 9.46 Å². The highest BCUT2D eigenvalue weighted by molar-refractivity contribution is 7.44. The molecule has 4 atom stereocenters. The molecule has 0 aliphatic carbocycles. The summed E-state index contributed by atoms with van der Waals surface area (Å²) in [7, 11) is 1.64. The van der Waals surface area contributed by atoms with Gasteiger partial charge < -0.3 is 28.0 Å². The van der Waals surface area contributed by atoms with E-state index in [1.165, 1.54) is 4.57 Å². The topological polar surface area (TPSA) is 137 Å². The summed E-state index contributed by atoms with van der Waals surface area (Å²) in [6, 6.07) is 28.0. The molecule has 1 aliphatic heterocycles. The number of rotatable bonds is 18. The molecule has 1 aliphatic rings. The summed E-state index contributed by atoms with van der Waals surface area (Å²) in [6.45, 7) is 10.5. The van der Waals surface area contributed by atoms with Crippen molar-refractivity contribution in [2.24, 2.45) is 0 Å². The maximum Gasteiger partial charge on any atom is 0.328 e. The summed E-state index contributed by atoms with van der Waals surface area (Å²) < 4.78 is 41.9. The Morgan fingerprint density at radius 3 is 2.04 bits per heavy atom. The highest BCUT2D eigenvalue weighted by atomic mass is 31.2. The maximum atomic E-state index is 12.9. The molecule has 54 heavy (non-hydrogen) atoms. The third-order valence-corrected chi connectivity index (χ3v) is 11.5. The van der Waals surface area contributed by atoms with E-state index in [-0.39, 0.29) is 38.3 Å². The van der Waals surface area contributed by atoms with Crippen LogP contribution in [0.3, 0.4) is 0 Å². The molecule has 0 saturated carbocycles. The first-order chi connectivity index (χ1) is 26.0. The fourth-order valence-electron chi connectivity index (χ4n) is 6.84. The van der Waals surface area contributed by atoms with E-state index in [4.69, 9.17) is 28.0 Å². The Balaban J connectivity index is 1.57. The largest absolute Gasteiger partial charge is 0.497 e. The van der Waals surface area contributed by atoms with Gasteiger partial charge in [-0.2, -0.15) is 5.26 Å². The predicted molar refractivity (Wildman–Crippen MR) is 208 cm³/mol. The van der Waals surface area contributed by atoms with Gasteiger partial charge in [0.1, 0.15) is 23.2 Å². The Hall–Kier alpha value is -4.34. The molecule has 1 N–H and O–H groups in total. The second-order valence-corrected chi connectivity index (χ2v) is 15.2. The number of nitrogens with zero attached hydrogens (tertiary/aromatic N) is 3. The molecule has 5 rings (SSSR count). The number of methoxy groups -OCH3 is 2. The van der Waals surface area contributed by atoms with Gasteiger partial charge in [0.25, 0.3) is 14.1 Å². The molecule has 4 aromatic rings. The summed E-state index contributed by atoms with van der Waals surface area (Å²) in [5, 5.41) is 9.31. The number of aryl methyl sites for hydroxylation is 1. The summed E-state index contributed by atoms with van der Waals surface area (Å²) >= 11 is 0. The molecule has 2 heterocycles. The monoisotopic (exact) mass is 758 g/mol. The van der Waals surface area contributed by atoms with Crippen molar-refractivity contribution in [1.29, 1.82) is 5.26 Å². The lowest BCUT2D eigenvalue weighted by molar-refractivity contribution is -0.0819. The molecule has 0 bridgehead atoms. The Labute approximate surface area is 318 Å². The Morgan fingerprint density at radius 1 is 0.926 bits per heavy atom. The van der Waals surface area contributed by atoms with Crippen LogP contribution in [0.4, 0.5) is 0 Å². The molecule has 13 heteroatoms. The van der Waals surface area contributed by atoms with Crippen LogP contribution in [0.25, 0.3) is 0 Å². The van der Waals surface area contributed by atoms with Gasteiger partial charge in [0.05, 0.1) is 58.7 Å². The van der Waals surface area contributed by atoms with Crippen molar-refractivity contribution >= 4 is 8.53 Å². The van der Waals surface area contributed by atoms with E-state index in [9.17, 15) is 14.9 Å². The molecule has 0 amide bonds. The molecular formula is C41H51N4O8P. The van der Waals surface area contributed by atoms with E-state index in [2.05, 4.69) is 43.4 Å². The van der Waals surface area contributed by atoms with Crippen LogP contribution in [0.2, 0.25) is 0 Å². The van der Waals surface area contributed by atoms with Crippen LogP contribution in [-0.4, -0.2) is 72.1 Å². The van der Waals surface area contributed by atoms with Gasteiger partial charge in [-0.3, -0.25) is 14.3 Å². The van der Waals surface area contributed by atoms with Crippen molar-refractivity contribution < 1.29 is 28.0 Å². The molecule has 1 aromatic heterocycles. The lowest BCUT2D eigenvalue weighted by atomic mass is 9.80. The molecule has 1 fully saturated rings. The van der Waals surface area contributed by atoms with Crippen LogP contribution >= 0.6 is 8.53 Å². The van der Waals surface area contributed by atoms with E-state index in [0.717, 1.165) is 16.7 Å². The van der Waals surface area contributed by atoms with Crippen LogP contribution in [0.15, 0.2) is 94.6 Å². The molecule has 0 spiro atoms. The predicted octanol–water partition coefficient (Wildman–Crippen LogP) is 6.69. The number of benzene rings is 3. The van der Waals surface area contributed by atoms with Crippen LogP contribution < -0.4 is 20.7 Å². The van der Waals surface area contributed by atoms with Crippen molar-refractivity contribution in [3.05, 3.63) is 128 Å². The number of ether oxygens (including phenoxy) is 4. The number of nitrogens with one attached hydrogen (secondary N) is 1. The van der Waals surface area contributed by atoms with Gasteiger partial charge in [-0.15, -0.1) is 0 Å². The lowest BCUT2D eigenvalue weighted by Crippen LogP contribution is -2.39. The molecule has 1 unspecified atom stereocenters. The molecule has 12 nitrogen and oxygen atoms in total.